The van der Waals surface area contributed by atoms with Crippen LogP contribution in [0.25, 0.3) is 11.1 Å². The van der Waals surface area contributed by atoms with Crippen LogP contribution >= 0.6 is 0 Å². The van der Waals surface area contributed by atoms with Crippen LogP contribution in [-0.4, -0.2) is 67.4 Å². The number of amides is 2. The maximum atomic E-state index is 12.6. The van der Waals surface area contributed by atoms with E-state index in [1.54, 1.807) is 13.0 Å². The molecule has 1 saturated heterocycles. The minimum atomic E-state index is -0.985. The van der Waals surface area contributed by atoms with Crippen LogP contribution in [0.1, 0.15) is 24.0 Å². The number of carbonyl (C=O) groups excluding carboxylic acids is 2. The fourth-order valence-electron chi connectivity index (χ4n) is 4.69. The number of likely N-dealkylation sites (tertiary alicyclic amines) is 1. The number of nitrogens with zero attached hydrogens (tertiary/aromatic N) is 1. The Morgan fingerprint density at radius 3 is 2.24 bits per heavy atom. The topological polar surface area (TPSA) is 105 Å². The highest BCUT2D eigenvalue weighted by Crippen LogP contribution is 2.44. The Labute approximate surface area is 198 Å². The van der Waals surface area contributed by atoms with E-state index in [2.05, 4.69) is 29.6 Å². The molecule has 1 fully saturated rings. The highest BCUT2D eigenvalue weighted by molar-refractivity contribution is 5.93. The molecular formula is C26H28N2O6. The summed E-state index contributed by atoms with van der Waals surface area (Å²) in [5.41, 5.74) is 5.01. The number of carboxylic acid groups (broad SMARTS) is 1. The lowest BCUT2D eigenvalue weighted by Crippen LogP contribution is -2.31. The molecule has 0 aromatic heterocycles. The van der Waals surface area contributed by atoms with Gasteiger partial charge in [-0.1, -0.05) is 54.6 Å². The molecule has 1 heterocycles. The minimum Gasteiger partial charge on any atom is -0.481 e. The van der Waals surface area contributed by atoms with Gasteiger partial charge in [0.15, 0.2) is 0 Å². The van der Waals surface area contributed by atoms with Gasteiger partial charge < -0.3 is 24.8 Å². The molecule has 1 aliphatic carbocycles. The summed E-state index contributed by atoms with van der Waals surface area (Å²) in [5.74, 6) is -2.04. The predicted molar refractivity (Wildman–Crippen MR) is 125 cm³/mol. The van der Waals surface area contributed by atoms with Crippen LogP contribution in [0.4, 0.5) is 4.79 Å². The van der Waals surface area contributed by atoms with Gasteiger partial charge in [-0.25, -0.2) is 4.79 Å². The Morgan fingerprint density at radius 1 is 1.06 bits per heavy atom. The van der Waals surface area contributed by atoms with Crippen LogP contribution in [0, 0.1) is 5.92 Å². The van der Waals surface area contributed by atoms with Crippen molar-refractivity contribution in [3.05, 3.63) is 71.3 Å². The van der Waals surface area contributed by atoms with Crippen molar-refractivity contribution < 1.29 is 29.0 Å². The lowest BCUT2D eigenvalue weighted by atomic mass is 9.98. The average molecular weight is 465 g/mol. The number of methoxy groups -OCH3 is 1. The molecule has 8 nitrogen and oxygen atoms in total. The summed E-state index contributed by atoms with van der Waals surface area (Å²) in [5, 5.41) is 11.9. The SMILES string of the molecule is COC1CN(C(=O)/C(C)=C/CNC(=O)OCC2c3ccccc3-c3ccccc32)CC1C(=O)O. The fourth-order valence-corrected chi connectivity index (χ4v) is 4.69. The van der Waals surface area contributed by atoms with Crippen molar-refractivity contribution in [2.24, 2.45) is 5.92 Å². The number of hydrogen-bond donors (Lipinski definition) is 2. The van der Waals surface area contributed by atoms with E-state index in [0.717, 1.165) is 22.3 Å². The minimum absolute atomic E-state index is 0.0249. The van der Waals surface area contributed by atoms with E-state index >= 15 is 0 Å². The molecule has 1 aliphatic heterocycles. The third-order valence-electron chi connectivity index (χ3n) is 6.51. The van der Waals surface area contributed by atoms with Crippen LogP contribution in [0.15, 0.2) is 60.2 Å². The van der Waals surface area contributed by atoms with Gasteiger partial charge in [0, 0.05) is 38.2 Å². The van der Waals surface area contributed by atoms with Crippen molar-refractivity contribution in [3.8, 4) is 11.1 Å². The molecule has 2 aromatic carbocycles. The molecule has 34 heavy (non-hydrogen) atoms. The molecule has 0 spiro atoms. The first kappa shape index (κ1) is 23.5. The van der Waals surface area contributed by atoms with E-state index < -0.39 is 24.1 Å². The van der Waals surface area contributed by atoms with Crippen LogP contribution in [0.5, 0.6) is 0 Å². The summed E-state index contributed by atoms with van der Waals surface area (Å²) in [6.45, 7) is 2.29. The van der Waals surface area contributed by atoms with Crippen molar-refractivity contribution in [2.45, 2.75) is 18.9 Å². The first-order chi connectivity index (χ1) is 16.4. The smallest absolute Gasteiger partial charge is 0.407 e. The molecule has 178 valence electrons. The molecule has 2 amide bonds. The largest absolute Gasteiger partial charge is 0.481 e. The Morgan fingerprint density at radius 2 is 1.68 bits per heavy atom. The molecule has 4 rings (SSSR count). The van der Waals surface area contributed by atoms with Gasteiger partial charge in [0.25, 0.3) is 0 Å². The number of hydrogen-bond acceptors (Lipinski definition) is 5. The molecule has 2 unspecified atom stereocenters. The van der Waals surface area contributed by atoms with Gasteiger partial charge in [-0.15, -0.1) is 0 Å². The summed E-state index contributed by atoms with van der Waals surface area (Å²) in [6, 6.07) is 16.2. The third-order valence-corrected chi connectivity index (χ3v) is 6.51. The van der Waals surface area contributed by atoms with Crippen LogP contribution < -0.4 is 5.32 Å². The summed E-state index contributed by atoms with van der Waals surface area (Å²) < 4.78 is 10.7. The van der Waals surface area contributed by atoms with Gasteiger partial charge in [0.2, 0.25) is 5.91 Å². The number of carboxylic acids is 1. The van der Waals surface area contributed by atoms with Crippen LogP contribution in [-0.2, 0) is 19.1 Å². The summed E-state index contributed by atoms with van der Waals surface area (Å²) in [6.07, 6.45) is 0.498. The standard InChI is InChI=1S/C26H28N2O6/c1-16(24(29)28-13-21(25(30)31)23(14-28)33-2)11-12-27-26(32)34-15-22-19-9-5-3-7-17(19)18-8-4-6-10-20(18)22/h3-11,21-23H,12-15H2,1-2H3,(H,27,32)(H,30,31)/b16-11+. The second-order valence-corrected chi connectivity index (χ2v) is 8.52. The van der Waals surface area contributed by atoms with Gasteiger partial charge in [-0.2, -0.15) is 0 Å². The van der Waals surface area contributed by atoms with Gasteiger partial charge in [0.05, 0.1) is 6.10 Å². The lowest BCUT2D eigenvalue weighted by Gasteiger charge is -2.16. The average Bonchev–Trinajstić information content (AvgIpc) is 3.42. The molecule has 0 bridgehead atoms. The zero-order valence-corrected chi connectivity index (χ0v) is 19.2. The molecule has 2 aliphatic rings. The lowest BCUT2D eigenvalue weighted by molar-refractivity contribution is -0.144. The van der Waals surface area contributed by atoms with Crippen molar-refractivity contribution in [1.82, 2.24) is 10.2 Å². The predicted octanol–water partition coefficient (Wildman–Crippen LogP) is 3.03. The zero-order valence-electron chi connectivity index (χ0n) is 19.2. The van der Waals surface area contributed by atoms with Crippen LogP contribution in [0.3, 0.4) is 0 Å². The van der Waals surface area contributed by atoms with E-state index in [1.165, 1.54) is 12.0 Å². The molecule has 2 aromatic rings. The molecule has 8 heteroatoms. The van der Waals surface area contributed by atoms with Crippen molar-refractivity contribution >= 4 is 18.0 Å². The zero-order chi connectivity index (χ0) is 24.2. The van der Waals surface area contributed by atoms with Crippen molar-refractivity contribution in [1.29, 1.82) is 0 Å². The quantitative estimate of drug-likeness (QED) is 0.611. The van der Waals surface area contributed by atoms with E-state index in [9.17, 15) is 19.5 Å². The Hall–Kier alpha value is -3.65. The summed E-state index contributed by atoms with van der Waals surface area (Å²) >= 11 is 0. The number of rotatable bonds is 7. The second-order valence-electron chi connectivity index (χ2n) is 8.52. The molecule has 2 atom stereocenters. The van der Waals surface area contributed by atoms with E-state index in [4.69, 9.17) is 9.47 Å². The maximum Gasteiger partial charge on any atom is 0.407 e. The number of benzene rings is 2. The number of carbonyl (C=O) groups is 3. The van der Waals surface area contributed by atoms with Gasteiger partial charge in [0.1, 0.15) is 12.5 Å². The highest BCUT2D eigenvalue weighted by atomic mass is 16.5. The van der Waals surface area contributed by atoms with Crippen molar-refractivity contribution in [3.63, 3.8) is 0 Å². The van der Waals surface area contributed by atoms with Crippen LogP contribution in [0.2, 0.25) is 0 Å². The van der Waals surface area contributed by atoms with E-state index in [0.29, 0.717) is 5.57 Å². The van der Waals surface area contributed by atoms with Gasteiger partial charge >= 0.3 is 12.1 Å². The van der Waals surface area contributed by atoms with E-state index in [-0.39, 0.29) is 38.1 Å². The molecule has 0 radical (unpaired) electrons. The number of nitrogens with one attached hydrogen (secondary N) is 1. The third kappa shape index (κ3) is 4.68. The number of ether oxygens (including phenoxy) is 2. The fraction of sp³-hybridized carbons (Fsp3) is 0.346. The summed E-state index contributed by atoms with van der Waals surface area (Å²) in [4.78, 5) is 37.8. The second kappa shape index (κ2) is 10.1. The first-order valence-electron chi connectivity index (χ1n) is 11.2. The van der Waals surface area contributed by atoms with Gasteiger partial charge in [-0.3, -0.25) is 9.59 Å². The molecular weight excluding hydrogens is 436 g/mol. The molecule has 0 saturated carbocycles. The normalized spacial score (nSPS) is 19.5. The highest BCUT2D eigenvalue weighted by Gasteiger charge is 2.40. The van der Waals surface area contributed by atoms with Gasteiger partial charge in [-0.05, 0) is 29.2 Å². The number of aliphatic carboxylic acids is 1. The monoisotopic (exact) mass is 464 g/mol. The summed E-state index contributed by atoms with van der Waals surface area (Å²) in [7, 11) is 1.44. The van der Waals surface area contributed by atoms with Crippen molar-refractivity contribution in [2.75, 3.05) is 33.4 Å². The Bertz CT molecular complexity index is 1080. The Kier molecular flexibility index (Phi) is 6.98. The first-order valence-corrected chi connectivity index (χ1v) is 11.2. The number of alkyl carbamates (subject to hydrolysis) is 1. The number of fused-ring (bicyclic) bond motifs is 3. The Balaban J connectivity index is 1.29. The molecule has 2 N–H and O–H groups in total. The maximum absolute atomic E-state index is 12.6. The van der Waals surface area contributed by atoms with E-state index in [1.807, 2.05) is 24.3 Å².